The number of aromatic nitrogens is 2. The van der Waals surface area contributed by atoms with Crippen molar-refractivity contribution < 1.29 is 14.0 Å². The van der Waals surface area contributed by atoms with Crippen molar-refractivity contribution in [1.29, 1.82) is 0 Å². The first-order valence-corrected chi connectivity index (χ1v) is 8.96. The van der Waals surface area contributed by atoms with Gasteiger partial charge in [0.2, 0.25) is 11.8 Å². The molecular formula is C19H21FN4O2. The molecule has 1 aromatic heterocycles. The molecule has 4 rings (SSSR count). The predicted octanol–water partition coefficient (Wildman–Crippen LogP) is 2.07. The number of hydrogen-bond acceptors (Lipinski definition) is 3. The number of imidazole rings is 1. The summed E-state index contributed by atoms with van der Waals surface area (Å²) in [4.78, 5) is 30.5. The lowest BCUT2D eigenvalue weighted by molar-refractivity contribution is -0.126. The van der Waals surface area contributed by atoms with Gasteiger partial charge in [0.15, 0.2) is 0 Å². The van der Waals surface area contributed by atoms with Crippen molar-refractivity contribution in [3.05, 3.63) is 48.3 Å². The fraction of sp³-hybridized carbons (Fsp3) is 0.421. The van der Waals surface area contributed by atoms with E-state index in [0.29, 0.717) is 31.2 Å². The summed E-state index contributed by atoms with van der Waals surface area (Å²) in [7, 11) is 0. The maximum absolute atomic E-state index is 13.0. The summed E-state index contributed by atoms with van der Waals surface area (Å²) in [5.41, 5.74) is 0.624. The predicted molar refractivity (Wildman–Crippen MR) is 94.1 cm³/mol. The van der Waals surface area contributed by atoms with E-state index >= 15 is 0 Å². The quantitative estimate of drug-likeness (QED) is 0.862. The zero-order chi connectivity index (χ0) is 18.1. The summed E-state index contributed by atoms with van der Waals surface area (Å²) in [6, 6.07) is 5.76. The summed E-state index contributed by atoms with van der Waals surface area (Å²) in [5, 5.41) is 2.92. The van der Waals surface area contributed by atoms with E-state index in [9.17, 15) is 14.0 Å². The highest BCUT2D eigenvalue weighted by Crippen LogP contribution is 2.38. The molecule has 2 fully saturated rings. The molecule has 1 saturated carbocycles. The van der Waals surface area contributed by atoms with Gasteiger partial charge in [-0.2, -0.15) is 0 Å². The van der Waals surface area contributed by atoms with Crippen molar-refractivity contribution in [3.8, 4) is 0 Å². The summed E-state index contributed by atoms with van der Waals surface area (Å²) >= 11 is 0. The summed E-state index contributed by atoms with van der Waals surface area (Å²) in [6.45, 7) is 1.52. The lowest BCUT2D eigenvalue weighted by atomic mass is 10.1. The van der Waals surface area contributed by atoms with Gasteiger partial charge in [-0.05, 0) is 37.1 Å². The highest BCUT2D eigenvalue weighted by molar-refractivity contribution is 6.00. The Kier molecular flexibility index (Phi) is 4.44. The van der Waals surface area contributed by atoms with Gasteiger partial charge in [-0.25, -0.2) is 9.37 Å². The Morgan fingerprint density at radius 2 is 2.04 bits per heavy atom. The second kappa shape index (κ2) is 6.90. The molecule has 0 bridgehead atoms. The second-order valence-corrected chi connectivity index (χ2v) is 6.93. The van der Waals surface area contributed by atoms with Gasteiger partial charge in [0.1, 0.15) is 11.6 Å². The molecular weight excluding hydrogens is 335 g/mol. The van der Waals surface area contributed by atoms with E-state index in [2.05, 4.69) is 14.9 Å². The van der Waals surface area contributed by atoms with Crippen LogP contribution in [-0.4, -0.2) is 34.5 Å². The first kappa shape index (κ1) is 16.8. The van der Waals surface area contributed by atoms with Crippen LogP contribution in [0.1, 0.15) is 31.0 Å². The second-order valence-electron chi connectivity index (χ2n) is 6.93. The van der Waals surface area contributed by atoms with E-state index in [4.69, 9.17) is 0 Å². The Balaban J connectivity index is 1.30. The maximum atomic E-state index is 13.0. The standard InChI is InChI=1S/C19H21FN4O2/c20-15-3-5-16(6-4-15)24-12-14(11-17(24)25)19(26)22-8-10-23-9-7-21-18(23)13-1-2-13/h3-7,9,13-14H,1-2,8,10-12H2,(H,22,26). The molecule has 1 unspecified atom stereocenters. The molecule has 1 saturated heterocycles. The zero-order valence-electron chi connectivity index (χ0n) is 14.4. The smallest absolute Gasteiger partial charge is 0.227 e. The van der Waals surface area contributed by atoms with Crippen molar-refractivity contribution in [2.24, 2.45) is 5.92 Å². The highest BCUT2D eigenvalue weighted by Gasteiger charge is 2.35. The number of hydrogen-bond donors (Lipinski definition) is 1. The summed E-state index contributed by atoms with van der Waals surface area (Å²) in [6.07, 6.45) is 6.29. The number of benzene rings is 1. The van der Waals surface area contributed by atoms with Crippen LogP contribution in [0.2, 0.25) is 0 Å². The summed E-state index contributed by atoms with van der Waals surface area (Å²) < 4.78 is 15.1. The molecule has 0 spiro atoms. The first-order chi connectivity index (χ1) is 12.6. The van der Waals surface area contributed by atoms with Crippen LogP contribution in [0.25, 0.3) is 0 Å². The number of amides is 2. The Morgan fingerprint density at radius 3 is 2.77 bits per heavy atom. The Hall–Kier alpha value is -2.70. The molecule has 1 N–H and O–H groups in total. The topological polar surface area (TPSA) is 67.2 Å². The third kappa shape index (κ3) is 3.47. The molecule has 1 aliphatic carbocycles. The normalized spacial score (nSPS) is 19.8. The van der Waals surface area contributed by atoms with E-state index in [-0.39, 0.29) is 30.0 Å². The van der Waals surface area contributed by atoms with Crippen molar-refractivity contribution in [2.75, 3.05) is 18.0 Å². The third-order valence-corrected chi connectivity index (χ3v) is 4.98. The minimum absolute atomic E-state index is 0.109. The molecule has 1 atom stereocenters. The van der Waals surface area contributed by atoms with Crippen molar-refractivity contribution in [1.82, 2.24) is 14.9 Å². The highest BCUT2D eigenvalue weighted by atomic mass is 19.1. The third-order valence-electron chi connectivity index (χ3n) is 4.98. The van der Waals surface area contributed by atoms with Gasteiger partial charge in [0.25, 0.3) is 0 Å². The van der Waals surface area contributed by atoms with Gasteiger partial charge in [0, 0.05) is 50.1 Å². The number of rotatable bonds is 6. The van der Waals surface area contributed by atoms with Gasteiger partial charge in [-0.15, -0.1) is 0 Å². The van der Waals surface area contributed by atoms with E-state index < -0.39 is 0 Å². The molecule has 0 radical (unpaired) electrons. The molecule has 2 aromatic rings. The van der Waals surface area contributed by atoms with Crippen LogP contribution >= 0.6 is 0 Å². The molecule has 2 heterocycles. The number of carbonyl (C=O) groups is 2. The van der Waals surface area contributed by atoms with Crippen LogP contribution in [0.5, 0.6) is 0 Å². The average Bonchev–Trinajstić information content (AvgIpc) is 3.24. The molecule has 26 heavy (non-hydrogen) atoms. The number of anilines is 1. The minimum atomic E-state index is -0.377. The van der Waals surface area contributed by atoms with Gasteiger partial charge >= 0.3 is 0 Å². The summed E-state index contributed by atoms with van der Waals surface area (Å²) in [5.74, 6) is 0.714. The largest absolute Gasteiger partial charge is 0.354 e. The molecule has 1 aliphatic heterocycles. The minimum Gasteiger partial charge on any atom is -0.354 e. The van der Waals surface area contributed by atoms with Gasteiger partial charge in [-0.3, -0.25) is 9.59 Å². The Morgan fingerprint density at radius 1 is 1.27 bits per heavy atom. The zero-order valence-corrected chi connectivity index (χ0v) is 14.4. The van der Waals surface area contributed by atoms with E-state index in [1.165, 1.54) is 25.0 Å². The van der Waals surface area contributed by atoms with Crippen molar-refractivity contribution in [2.45, 2.75) is 31.7 Å². The van der Waals surface area contributed by atoms with Crippen LogP contribution in [-0.2, 0) is 16.1 Å². The van der Waals surface area contributed by atoms with Gasteiger partial charge < -0.3 is 14.8 Å². The lowest BCUT2D eigenvalue weighted by Gasteiger charge is -2.16. The molecule has 136 valence electrons. The van der Waals surface area contributed by atoms with Gasteiger partial charge in [0.05, 0.1) is 5.92 Å². The average molecular weight is 356 g/mol. The van der Waals surface area contributed by atoms with Gasteiger partial charge in [-0.1, -0.05) is 0 Å². The number of carbonyl (C=O) groups excluding carboxylic acids is 2. The van der Waals surface area contributed by atoms with Crippen LogP contribution in [0.3, 0.4) is 0 Å². The van der Waals surface area contributed by atoms with Crippen molar-refractivity contribution >= 4 is 17.5 Å². The Labute approximate surface area is 151 Å². The number of nitrogens with one attached hydrogen (secondary N) is 1. The monoisotopic (exact) mass is 356 g/mol. The fourth-order valence-electron chi connectivity index (χ4n) is 3.41. The van der Waals surface area contributed by atoms with Crippen LogP contribution in [0.4, 0.5) is 10.1 Å². The van der Waals surface area contributed by atoms with Crippen molar-refractivity contribution in [3.63, 3.8) is 0 Å². The molecule has 6 nitrogen and oxygen atoms in total. The maximum Gasteiger partial charge on any atom is 0.227 e. The fourth-order valence-corrected chi connectivity index (χ4v) is 3.41. The van der Waals surface area contributed by atoms with E-state index in [1.54, 1.807) is 23.2 Å². The molecule has 2 aliphatic rings. The van der Waals surface area contributed by atoms with E-state index in [1.807, 2.05) is 6.20 Å². The van der Waals surface area contributed by atoms with Crippen LogP contribution in [0, 0.1) is 11.7 Å². The molecule has 7 heteroatoms. The number of halogens is 1. The lowest BCUT2D eigenvalue weighted by Crippen LogP contribution is -2.34. The van der Waals surface area contributed by atoms with Crippen LogP contribution in [0.15, 0.2) is 36.7 Å². The molecule has 1 aromatic carbocycles. The first-order valence-electron chi connectivity index (χ1n) is 8.96. The SMILES string of the molecule is O=C(NCCn1ccnc1C1CC1)C1CC(=O)N(c2ccc(F)cc2)C1. The Bertz CT molecular complexity index is 813. The molecule has 2 amide bonds. The van der Waals surface area contributed by atoms with Crippen LogP contribution < -0.4 is 10.2 Å². The van der Waals surface area contributed by atoms with E-state index in [0.717, 1.165) is 5.82 Å². The number of nitrogens with zero attached hydrogens (tertiary/aromatic N) is 3.